The Morgan fingerprint density at radius 2 is 1.57 bits per heavy atom. The van der Waals surface area contributed by atoms with Gasteiger partial charge in [0.1, 0.15) is 12.0 Å². The highest BCUT2D eigenvalue weighted by Crippen LogP contribution is 2.25. The molecule has 1 aliphatic rings. The van der Waals surface area contributed by atoms with Gasteiger partial charge in [-0.25, -0.2) is 0 Å². The second kappa shape index (κ2) is 12.9. The van der Waals surface area contributed by atoms with Crippen LogP contribution in [0.1, 0.15) is 59.2 Å². The molecular weight excluding hydrogens is 434 g/mol. The average Bonchev–Trinajstić information content (AvgIpc) is 2.92. The fraction of sp³-hybridized carbons (Fsp3) is 0.355. The first-order valence-corrected chi connectivity index (χ1v) is 12.8. The monoisotopic (exact) mass is 469 g/mol. The number of nitrogens with one attached hydrogen (secondary N) is 1. The van der Waals surface area contributed by atoms with Crippen LogP contribution in [-0.2, 0) is 24.1 Å². The van der Waals surface area contributed by atoms with Gasteiger partial charge in [-0.15, -0.1) is 0 Å². The number of carbonyl (C=O) groups excluding carboxylic acids is 2. The first-order valence-electron chi connectivity index (χ1n) is 12.8. The number of rotatable bonds is 11. The molecule has 1 N–H and O–H groups in total. The number of aryl methyl sites for hydroxylation is 2. The number of ether oxygens (including phenoxy) is 1. The van der Waals surface area contributed by atoms with Crippen molar-refractivity contribution in [2.24, 2.45) is 5.92 Å². The molecule has 35 heavy (non-hydrogen) atoms. The van der Waals surface area contributed by atoms with E-state index >= 15 is 0 Å². The maximum atomic E-state index is 13.0. The molecule has 3 aromatic rings. The molecule has 1 fully saturated rings. The van der Waals surface area contributed by atoms with Crippen molar-refractivity contribution < 1.29 is 14.3 Å². The van der Waals surface area contributed by atoms with Crippen molar-refractivity contribution in [3.8, 4) is 5.75 Å². The molecule has 0 saturated heterocycles. The molecule has 1 aliphatic carbocycles. The number of amides is 1. The number of carbonyl (C=O) groups is 2. The standard InChI is InChI=1S/C31H35NO3/c33-22-28(21-25-16-19-29(20-17-25)35-23-26-11-5-2-6-12-26)32-31(34)30-14-8-7-13-27(30)18-15-24-9-3-1-4-10-24/h1,3-4,7-10,13-14,16-17,19-20,22,26,28H,2,5-6,11-12,15,18,21,23H2,(H,32,34)/t28-/m0/s1. The van der Waals surface area contributed by atoms with Crippen molar-refractivity contribution in [2.75, 3.05) is 6.61 Å². The average molecular weight is 470 g/mol. The van der Waals surface area contributed by atoms with Crippen molar-refractivity contribution in [1.82, 2.24) is 5.32 Å². The van der Waals surface area contributed by atoms with Crippen LogP contribution in [-0.4, -0.2) is 24.8 Å². The van der Waals surface area contributed by atoms with Crippen LogP contribution in [0.25, 0.3) is 0 Å². The summed E-state index contributed by atoms with van der Waals surface area (Å²) in [4.78, 5) is 24.8. The summed E-state index contributed by atoms with van der Waals surface area (Å²) in [6.45, 7) is 0.774. The Hall–Kier alpha value is -3.40. The topological polar surface area (TPSA) is 55.4 Å². The highest BCUT2D eigenvalue weighted by Gasteiger charge is 2.17. The molecule has 1 atom stereocenters. The van der Waals surface area contributed by atoms with Crippen LogP contribution < -0.4 is 10.1 Å². The van der Waals surface area contributed by atoms with E-state index in [1.807, 2.05) is 66.7 Å². The van der Waals surface area contributed by atoms with Gasteiger partial charge in [0.2, 0.25) is 0 Å². The molecule has 1 saturated carbocycles. The lowest BCUT2D eigenvalue weighted by Gasteiger charge is -2.21. The Morgan fingerprint density at radius 3 is 2.31 bits per heavy atom. The fourth-order valence-corrected chi connectivity index (χ4v) is 4.81. The first-order chi connectivity index (χ1) is 17.2. The van der Waals surface area contributed by atoms with Gasteiger partial charge in [0, 0.05) is 5.56 Å². The summed E-state index contributed by atoms with van der Waals surface area (Å²) in [7, 11) is 0. The lowest BCUT2D eigenvalue weighted by Crippen LogP contribution is -2.38. The summed E-state index contributed by atoms with van der Waals surface area (Å²) in [5.41, 5.74) is 3.84. The Labute approximate surface area is 208 Å². The van der Waals surface area contributed by atoms with E-state index in [9.17, 15) is 9.59 Å². The molecule has 0 spiro atoms. The van der Waals surface area contributed by atoms with Gasteiger partial charge in [-0.3, -0.25) is 4.79 Å². The number of benzene rings is 3. The predicted molar refractivity (Wildman–Crippen MR) is 140 cm³/mol. The smallest absolute Gasteiger partial charge is 0.252 e. The molecule has 0 aliphatic heterocycles. The molecule has 3 aromatic carbocycles. The van der Waals surface area contributed by atoms with Gasteiger partial charge >= 0.3 is 0 Å². The van der Waals surface area contributed by atoms with Gasteiger partial charge in [-0.1, -0.05) is 79.9 Å². The highest BCUT2D eigenvalue weighted by atomic mass is 16.5. The Kier molecular flexibility index (Phi) is 9.11. The van der Waals surface area contributed by atoms with Crippen molar-refractivity contribution in [2.45, 2.75) is 57.4 Å². The van der Waals surface area contributed by atoms with Gasteiger partial charge < -0.3 is 14.8 Å². The van der Waals surface area contributed by atoms with E-state index < -0.39 is 6.04 Å². The van der Waals surface area contributed by atoms with Crippen molar-refractivity contribution in [3.05, 3.63) is 101 Å². The highest BCUT2D eigenvalue weighted by molar-refractivity contribution is 5.97. The van der Waals surface area contributed by atoms with Crippen molar-refractivity contribution in [1.29, 1.82) is 0 Å². The number of hydrogen-bond donors (Lipinski definition) is 1. The van der Waals surface area contributed by atoms with Gasteiger partial charge in [0.15, 0.2) is 0 Å². The third-order valence-corrected chi connectivity index (χ3v) is 6.86. The van der Waals surface area contributed by atoms with E-state index in [0.717, 1.165) is 42.6 Å². The quantitative estimate of drug-likeness (QED) is 0.352. The first kappa shape index (κ1) is 24.7. The van der Waals surface area contributed by atoms with Crippen LogP contribution in [0.2, 0.25) is 0 Å². The minimum absolute atomic E-state index is 0.210. The van der Waals surface area contributed by atoms with Crippen LogP contribution in [0.3, 0.4) is 0 Å². The molecular formula is C31H35NO3. The van der Waals surface area contributed by atoms with E-state index in [0.29, 0.717) is 17.9 Å². The lowest BCUT2D eigenvalue weighted by molar-refractivity contribution is -0.109. The molecule has 182 valence electrons. The summed E-state index contributed by atoms with van der Waals surface area (Å²) >= 11 is 0. The van der Waals surface area contributed by atoms with E-state index in [4.69, 9.17) is 4.74 Å². The van der Waals surface area contributed by atoms with E-state index in [-0.39, 0.29) is 5.91 Å². The third-order valence-electron chi connectivity index (χ3n) is 6.86. The number of aldehydes is 1. The Balaban J connectivity index is 1.31. The number of hydrogen-bond acceptors (Lipinski definition) is 3. The summed E-state index contributed by atoms with van der Waals surface area (Å²) in [6, 6.07) is 25.2. The molecule has 0 unspecified atom stereocenters. The zero-order chi connectivity index (χ0) is 24.3. The van der Waals surface area contributed by atoms with Crippen molar-refractivity contribution >= 4 is 12.2 Å². The summed E-state index contributed by atoms with van der Waals surface area (Å²) in [6.07, 6.45) is 9.37. The maximum Gasteiger partial charge on any atom is 0.252 e. The minimum atomic E-state index is -0.585. The summed E-state index contributed by atoms with van der Waals surface area (Å²) < 4.78 is 5.98. The molecule has 0 radical (unpaired) electrons. The summed E-state index contributed by atoms with van der Waals surface area (Å²) in [5.74, 6) is 1.31. The molecule has 4 nitrogen and oxygen atoms in total. The SMILES string of the molecule is O=C[C@H](Cc1ccc(OCC2CCCCC2)cc1)NC(=O)c1ccccc1CCc1ccccc1. The van der Waals surface area contributed by atoms with Crippen LogP contribution in [0.4, 0.5) is 0 Å². The zero-order valence-electron chi connectivity index (χ0n) is 20.3. The normalized spacial score (nSPS) is 14.7. The van der Waals surface area contributed by atoms with E-state index in [1.54, 1.807) is 0 Å². The zero-order valence-corrected chi connectivity index (χ0v) is 20.3. The van der Waals surface area contributed by atoms with Crippen molar-refractivity contribution in [3.63, 3.8) is 0 Å². The third kappa shape index (κ3) is 7.54. The van der Waals surface area contributed by atoms with Crippen LogP contribution in [0, 0.1) is 5.92 Å². The second-order valence-electron chi connectivity index (χ2n) is 9.52. The van der Waals surface area contributed by atoms with Gasteiger partial charge in [0.05, 0.1) is 12.6 Å². The molecule has 0 aromatic heterocycles. The minimum Gasteiger partial charge on any atom is -0.493 e. The molecule has 4 heteroatoms. The Bertz CT molecular complexity index is 1070. The largest absolute Gasteiger partial charge is 0.493 e. The molecule has 1 amide bonds. The molecule has 4 rings (SSSR count). The summed E-state index contributed by atoms with van der Waals surface area (Å²) in [5, 5.41) is 2.91. The van der Waals surface area contributed by atoms with Crippen LogP contribution in [0.5, 0.6) is 5.75 Å². The maximum absolute atomic E-state index is 13.0. The van der Waals surface area contributed by atoms with Gasteiger partial charge in [-0.05, 0) is 72.9 Å². The van der Waals surface area contributed by atoms with E-state index in [2.05, 4.69) is 17.4 Å². The Morgan fingerprint density at radius 1 is 0.857 bits per heavy atom. The lowest BCUT2D eigenvalue weighted by atomic mass is 9.90. The van der Waals surface area contributed by atoms with E-state index in [1.165, 1.54) is 37.7 Å². The van der Waals surface area contributed by atoms with Crippen LogP contribution in [0.15, 0.2) is 78.9 Å². The fourth-order valence-electron chi connectivity index (χ4n) is 4.81. The van der Waals surface area contributed by atoms with Crippen LogP contribution >= 0.6 is 0 Å². The molecule has 0 heterocycles. The molecule has 0 bridgehead atoms. The van der Waals surface area contributed by atoms with Gasteiger partial charge in [0.25, 0.3) is 5.91 Å². The van der Waals surface area contributed by atoms with Gasteiger partial charge in [-0.2, -0.15) is 0 Å². The second-order valence-corrected chi connectivity index (χ2v) is 9.52. The predicted octanol–water partition coefficient (Wildman–Crippen LogP) is 5.97.